The minimum absolute atomic E-state index is 0.0768. The molecule has 0 saturated heterocycles. The standard InChI is InChI=1S/C13H21N3O3S2/c1-3-5-6-7-8-14-13(19)15-10-9(12(17)18)11(16-21-10)20-4-2/h3-8H2,1-2H3,(H,17,18)(H2,14,15,19). The molecule has 0 aliphatic rings. The molecule has 2 amide bonds. The van der Waals surface area contributed by atoms with Crippen LogP contribution in [-0.2, 0) is 0 Å². The Morgan fingerprint density at radius 3 is 2.67 bits per heavy atom. The average molecular weight is 331 g/mol. The Kier molecular flexibility index (Phi) is 8.14. The van der Waals surface area contributed by atoms with Crippen LogP contribution in [0.4, 0.5) is 9.80 Å². The summed E-state index contributed by atoms with van der Waals surface area (Å²) >= 11 is 2.35. The van der Waals surface area contributed by atoms with E-state index < -0.39 is 5.97 Å². The van der Waals surface area contributed by atoms with Gasteiger partial charge in [0.2, 0.25) is 0 Å². The van der Waals surface area contributed by atoms with Crippen molar-refractivity contribution in [1.82, 2.24) is 9.69 Å². The molecule has 8 heteroatoms. The molecule has 1 rings (SSSR count). The summed E-state index contributed by atoms with van der Waals surface area (Å²) in [6, 6.07) is -0.384. The van der Waals surface area contributed by atoms with Crippen molar-refractivity contribution >= 4 is 40.3 Å². The Balaban J connectivity index is 2.53. The van der Waals surface area contributed by atoms with Crippen molar-refractivity contribution in [2.75, 3.05) is 17.6 Å². The Hall–Kier alpha value is -1.28. The summed E-state index contributed by atoms with van der Waals surface area (Å²) in [4.78, 5) is 23.0. The molecule has 1 aromatic rings. The number of carbonyl (C=O) groups excluding carboxylic acids is 1. The lowest BCUT2D eigenvalue weighted by Gasteiger charge is -2.06. The molecule has 3 N–H and O–H groups in total. The van der Waals surface area contributed by atoms with Gasteiger partial charge in [-0.15, -0.1) is 11.8 Å². The second kappa shape index (κ2) is 9.62. The van der Waals surface area contributed by atoms with Gasteiger partial charge in [0.05, 0.1) is 0 Å². The third-order valence-electron chi connectivity index (χ3n) is 2.70. The van der Waals surface area contributed by atoms with Crippen LogP contribution in [0.15, 0.2) is 5.03 Å². The first-order valence-electron chi connectivity index (χ1n) is 7.00. The molecule has 0 unspecified atom stereocenters. The number of nitrogens with zero attached hydrogens (tertiary/aromatic N) is 1. The number of amides is 2. The van der Waals surface area contributed by atoms with Crippen LogP contribution in [-0.4, -0.2) is 33.8 Å². The minimum Gasteiger partial charge on any atom is -0.477 e. The zero-order chi connectivity index (χ0) is 15.7. The smallest absolute Gasteiger partial charge is 0.341 e. The lowest BCUT2D eigenvalue weighted by Crippen LogP contribution is -2.29. The number of unbranched alkanes of at least 4 members (excludes halogenated alkanes) is 3. The zero-order valence-corrected chi connectivity index (χ0v) is 13.9. The predicted octanol–water partition coefficient (Wildman–Crippen LogP) is 3.66. The largest absolute Gasteiger partial charge is 0.477 e. The van der Waals surface area contributed by atoms with Gasteiger partial charge < -0.3 is 10.4 Å². The molecule has 1 aromatic heterocycles. The molecule has 0 radical (unpaired) electrons. The number of hydrogen-bond acceptors (Lipinski definition) is 5. The van der Waals surface area contributed by atoms with E-state index in [4.69, 9.17) is 0 Å². The third kappa shape index (κ3) is 5.92. The molecular formula is C13H21N3O3S2. The van der Waals surface area contributed by atoms with E-state index in [0.29, 0.717) is 11.6 Å². The van der Waals surface area contributed by atoms with Crippen LogP contribution in [0, 0.1) is 0 Å². The molecule has 0 fully saturated rings. The SMILES string of the molecule is CCCCCCNC(=O)Nc1snc(SCC)c1C(=O)O. The number of aromatic nitrogens is 1. The van der Waals surface area contributed by atoms with Gasteiger partial charge in [0, 0.05) is 6.54 Å². The van der Waals surface area contributed by atoms with E-state index in [1.54, 1.807) is 0 Å². The highest BCUT2D eigenvalue weighted by molar-refractivity contribution is 7.99. The minimum atomic E-state index is -1.07. The average Bonchev–Trinajstić information content (AvgIpc) is 2.81. The second-order valence-corrected chi connectivity index (χ2v) is 6.40. The summed E-state index contributed by atoms with van der Waals surface area (Å²) in [5.74, 6) is -0.342. The van der Waals surface area contributed by atoms with Crippen LogP contribution >= 0.6 is 23.3 Å². The maximum absolute atomic E-state index is 11.7. The summed E-state index contributed by atoms with van der Waals surface area (Å²) in [5, 5.41) is 15.3. The van der Waals surface area contributed by atoms with Crippen LogP contribution in [0.2, 0.25) is 0 Å². The molecule has 0 aromatic carbocycles. The number of carbonyl (C=O) groups is 2. The van der Waals surface area contributed by atoms with Gasteiger partial charge >= 0.3 is 12.0 Å². The van der Waals surface area contributed by atoms with E-state index in [2.05, 4.69) is 21.9 Å². The molecule has 0 bridgehead atoms. The highest BCUT2D eigenvalue weighted by Crippen LogP contribution is 2.31. The van der Waals surface area contributed by atoms with Crippen molar-refractivity contribution in [3.8, 4) is 0 Å². The normalized spacial score (nSPS) is 10.4. The number of urea groups is 1. The summed E-state index contributed by atoms with van der Waals surface area (Å²) < 4.78 is 4.08. The van der Waals surface area contributed by atoms with Crippen molar-refractivity contribution in [3.05, 3.63) is 5.56 Å². The highest BCUT2D eigenvalue weighted by Gasteiger charge is 2.21. The number of nitrogens with one attached hydrogen (secondary N) is 2. The molecule has 0 aliphatic carbocycles. The van der Waals surface area contributed by atoms with Crippen molar-refractivity contribution < 1.29 is 14.7 Å². The Morgan fingerprint density at radius 2 is 2.05 bits per heavy atom. The van der Waals surface area contributed by atoms with E-state index in [-0.39, 0.29) is 16.6 Å². The van der Waals surface area contributed by atoms with E-state index in [0.717, 1.165) is 43.0 Å². The van der Waals surface area contributed by atoms with Crippen LogP contribution in [0.5, 0.6) is 0 Å². The third-order valence-corrected chi connectivity index (χ3v) is 4.43. The molecule has 0 spiro atoms. The van der Waals surface area contributed by atoms with E-state index >= 15 is 0 Å². The van der Waals surface area contributed by atoms with Crippen molar-refractivity contribution in [2.45, 2.75) is 44.6 Å². The Labute approximate surface area is 132 Å². The first kappa shape index (κ1) is 17.8. The Bertz CT molecular complexity index is 477. The van der Waals surface area contributed by atoms with Crippen LogP contribution in [0.1, 0.15) is 49.9 Å². The monoisotopic (exact) mass is 331 g/mol. The predicted molar refractivity (Wildman–Crippen MR) is 86.6 cm³/mol. The molecule has 0 atom stereocenters. The molecule has 21 heavy (non-hydrogen) atoms. The maximum atomic E-state index is 11.7. The molecule has 0 aliphatic heterocycles. The number of anilines is 1. The summed E-state index contributed by atoms with van der Waals surface area (Å²) in [5.41, 5.74) is 0.0768. The number of thioether (sulfide) groups is 1. The highest BCUT2D eigenvalue weighted by atomic mass is 32.2. The van der Waals surface area contributed by atoms with Gasteiger partial charge in [-0.2, -0.15) is 4.37 Å². The first-order valence-corrected chi connectivity index (χ1v) is 8.76. The molecule has 1 heterocycles. The van der Waals surface area contributed by atoms with Gasteiger partial charge in [-0.3, -0.25) is 5.32 Å². The fraction of sp³-hybridized carbons (Fsp3) is 0.615. The van der Waals surface area contributed by atoms with Gasteiger partial charge in [-0.1, -0.05) is 33.1 Å². The van der Waals surface area contributed by atoms with Gasteiger partial charge in [-0.05, 0) is 23.7 Å². The number of carboxylic acid groups (broad SMARTS) is 1. The van der Waals surface area contributed by atoms with E-state index in [9.17, 15) is 14.7 Å². The van der Waals surface area contributed by atoms with Crippen molar-refractivity contribution in [2.24, 2.45) is 0 Å². The maximum Gasteiger partial charge on any atom is 0.341 e. The van der Waals surface area contributed by atoms with Gasteiger partial charge in [-0.25, -0.2) is 9.59 Å². The molecule has 118 valence electrons. The zero-order valence-electron chi connectivity index (χ0n) is 12.3. The Morgan fingerprint density at radius 1 is 1.29 bits per heavy atom. The lowest BCUT2D eigenvalue weighted by atomic mass is 10.2. The van der Waals surface area contributed by atoms with Crippen LogP contribution in [0.3, 0.4) is 0 Å². The lowest BCUT2D eigenvalue weighted by molar-refractivity contribution is 0.0694. The summed E-state index contributed by atoms with van der Waals surface area (Å²) in [7, 11) is 0. The van der Waals surface area contributed by atoms with Gasteiger partial charge in [0.15, 0.2) is 0 Å². The number of carboxylic acids is 1. The van der Waals surface area contributed by atoms with Crippen LogP contribution in [0.25, 0.3) is 0 Å². The van der Waals surface area contributed by atoms with Gasteiger partial charge in [0.1, 0.15) is 15.6 Å². The first-order chi connectivity index (χ1) is 10.1. The van der Waals surface area contributed by atoms with E-state index in [1.165, 1.54) is 11.8 Å². The summed E-state index contributed by atoms with van der Waals surface area (Å²) in [6.45, 7) is 4.64. The molecule has 6 nitrogen and oxygen atoms in total. The topological polar surface area (TPSA) is 91.3 Å². The second-order valence-electron chi connectivity index (χ2n) is 4.37. The summed E-state index contributed by atoms with van der Waals surface area (Å²) in [6.07, 6.45) is 4.30. The van der Waals surface area contributed by atoms with Crippen molar-refractivity contribution in [3.63, 3.8) is 0 Å². The van der Waals surface area contributed by atoms with Crippen LogP contribution < -0.4 is 10.6 Å². The van der Waals surface area contributed by atoms with Gasteiger partial charge in [0.25, 0.3) is 0 Å². The quantitative estimate of drug-likeness (QED) is 0.474. The molecule has 0 saturated carbocycles. The molecular weight excluding hydrogens is 310 g/mol. The fourth-order valence-electron chi connectivity index (χ4n) is 1.69. The number of aromatic carboxylic acids is 1. The fourth-order valence-corrected chi connectivity index (χ4v) is 3.36. The number of rotatable bonds is 9. The number of hydrogen-bond donors (Lipinski definition) is 3. The van der Waals surface area contributed by atoms with Crippen molar-refractivity contribution in [1.29, 1.82) is 0 Å². The van der Waals surface area contributed by atoms with E-state index in [1.807, 2.05) is 6.92 Å².